The fourth-order valence-electron chi connectivity index (χ4n) is 1.58. The molecule has 4 nitrogen and oxygen atoms in total. The Kier molecular flexibility index (Phi) is 4.18. The predicted molar refractivity (Wildman–Crippen MR) is 62.1 cm³/mol. The number of carboxylic acid groups (broad SMARTS) is 1. The van der Waals surface area contributed by atoms with E-state index in [1.165, 1.54) is 32.0 Å². The minimum atomic E-state index is -5.01. The third-order valence-electron chi connectivity index (χ3n) is 2.35. The summed E-state index contributed by atoms with van der Waals surface area (Å²) in [5, 5.41) is 8.80. The molecule has 0 saturated carbocycles. The minimum absolute atomic E-state index is 0.0998. The van der Waals surface area contributed by atoms with Gasteiger partial charge < -0.3 is 10.0 Å². The van der Waals surface area contributed by atoms with Crippen LogP contribution in [0.4, 0.5) is 18.9 Å². The molecule has 104 valence electrons. The molecular weight excluding hydrogens is 263 g/mol. The Morgan fingerprint density at radius 3 is 2.26 bits per heavy atom. The van der Waals surface area contributed by atoms with Gasteiger partial charge in [0.05, 0.1) is 5.56 Å². The van der Waals surface area contributed by atoms with E-state index in [1.54, 1.807) is 0 Å². The number of hydrogen-bond acceptors (Lipinski definition) is 2. The van der Waals surface area contributed by atoms with Crippen molar-refractivity contribution in [2.45, 2.75) is 26.1 Å². The van der Waals surface area contributed by atoms with Crippen molar-refractivity contribution in [1.82, 2.24) is 0 Å². The number of carbonyl (C=O) groups is 2. The van der Waals surface area contributed by atoms with E-state index in [2.05, 4.69) is 0 Å². The van der Waals surface area contributed by atoms with E-state index in [0.29, 0.717) is 4.90 Å². The van der Waals surface area contributed by atoms with Gasteiger partial charge in [-0.05, 0) is 32.0 Å². The molecule has 0 aliphatic heterocycles. The summed E-state index contributed by atoms with van der Waals surface area (Å²) in [5.41, 5.74) is -0.282. The molecule has 0 aromatic heterocycles. The van der Waals surface area contributed by atoms with Crippen molar-refractivity contribution >= 4 is 17.6 Å². The number of halogens is 3. The monoisotopic (exact) mass is 275 g/mol. The van der Waals surface area contributed by atoms with Crippen LogP contribution in [0.3, 0.4) is 0 Å². The van der Waals surface area contributed by atoms with Crippen LogP contribution in [0.2, 0.25) is 0 Å². The van der Waals surface area contributed by atoms with Crippen molar-refractivity contribution in [3.63, 3.8) is 0 Å². The predicted octanol–water partition coefficient (Wildman–Crippen LogP) is 2.69. The van der Waals surface area contributed by atoms with Crippen molar-refractivity contribution in [2.75, 3.05) is 4.90 Å². The first-order valence-corrected chi connectivity index (χ1v) is 5.38. The van der Waals surface area contributed by atoms with Gasteiger partial charge in [0.15, 0.2) is 0 Å². The lowest BCUT2D eigenvalue weighted by Gasteiger charge is -2.27. The first-order chi connectivity index (χ1) is 8.64. The third-order valence-corrected chi connectivity index (χ3v) is 2.35. The van der Waals surface area contributed by atoms with Crippen LogP contribution in [-0.4, -0.2) is 29.2 Å². The Hall–Kier alpha value is -2.05. The maximum Gasteiger partial charge on any atom is 0.471 e. The van der Waals surface area contributed by atoms with Crippen LogP contribution in [-0.2, 0) is 4.79 Å². The van der Waals surface area contributed by atoms with Crippen LogP contribution in [0.5, 0.6) is 0 Å². The van der Waals surface area contributed by atoms with Gasteiger partial charge in [0, 0.05) is 11.7 Å². The SMILES string of the molecule is CC(C)N(C(=O)C(F)(F)F)c1cccc(C(=O)O)c1. The summed E-state index contributed by atoms with van der Waals surface area (Å²) in [6.07, 6.45) is -5.01. The zero-order valence-corrected chi connectivity index (χ0v) is 10.2. The molecule has 0 radical (unpaired) electrons. The highest BCUT2D eigenvalue weighted by Crippen LogP contribution is 2.26. The van der Waals surface area contributed by atoms with E-state index in [4.69, 9.17) is 5.11 Å². The molecule has 1 N–H and O–H groups in total. The van der Waals surface area contributed by atoms with Crippen molar-refractivity contribution in [2.24, 2.45) is 0 Å². The smallest absolute Gasteiger partial charge is 0.471 e. The molecule has 19 heavy (non-hydrogen) atoms. The zero-order chi connectivity index (χ0) is 14.8. The second-order valence-corrected chi connectivity index (χ2v) is 4.12. The molecule has 0 spiro atoms. The number of alkyl halides is 3. The molecule has 0 heterocycles. The number of rotatable bonds is 3. The molecular formula is C12H12F3NO3. The Morgan fingerprint density at radius 1 is 1.26 bits per heavy atom. The number of anilines is 1. The molecule has 1 amide bonds. The molecule has 0 unspecified atom stereocenters. The van der Waals surface area contributed by atoms with E-state index < -0.39 is 24.1 Å². The average molecular weight is 275 g/mol. The lowest BCUT2D eigenvalue weighted by molar-refractivity contribution is -0.170. The van der Waals surface area contributed by atoms with Crippen molar-refractivity contribution < 1.29 is 27.9 Å². The molecule has 0 atom stereocenters. The second kappa shape index (κ2) is 5.29. The van der Waals surface area contributed by atoms with Gasteiger partial charge in [-0.25, -0.2) is 4.79 Å². The number of aromatic carboxylic acids is 1. The molecule has 1 rings (SSSR count). The molecule has 7 heteroatoms. The second-order valence-electron chi connectivity index (χ2n) is 4.12. The van der Waals surface area contributed by atoms with Gasteiger partial charge in [-0.15, -0.1) is 0 Å². The fraction of sp³-hybridized carbons (Fsp3) is 0.333. The van der Waals surface area contributed by atoms with Crippen molar-refractivity contribution in [3.05, 3.63) is 29.8 Å². The van der Waals surface area contributed by atoms with Crippen LogP contribution in [0.25, 0.3) is 0 Å². The summed E-state index contributed by atoms with van der Waals surface area (Å²) < 4.78 is 37.5. The highest BCUT2D eigenvalue weighted by Gasteiger charge is 2.43. The average Bonchev–Trinajstić information content (AvgIpc) is 2.27. The largest absolute Gasteiger partial charge is 0.478 e. The van der Waals surface area contributed by atoms with E-state index in [9.17, 15) is 22.8 Å². The number of benzene rings is 1. The van der Waals surface area contributed by atoms with Crippen molar-refractivity contribution in [1.29, 1.82) is 0 Å². The van der Waals surface area contributed by atoms with Gasteiger partial charge in [-0.1, -0.05) is 6.07 Å². The topological polar surface area (TPSA) is 57.6 Å². The summed E-state index contributed by atoms with van der Waals surface area (Å²) in [6, 6.07) is 4.07. The van der Waals surface area contributed by atoms with E-state index in [-0.39, 0.29) is 11.3 Å². The number of amides is 1. The Balaban J connectivity index is 3.24. The normalized spacial score (nSPS) is 11.5. The first-order valence-electron chi connectivity index (χ1n) is 5.38. The first kappa shape index (κ1) is 15.0. The molecule has 0 saturated heterocycles. The third kappa shape index (κ3) is 3.46. The molecule has 0 aliphatic rings. The molecule has 0 aliphatic carbocycles. The standard InChI is InChI=1S/C12H12F3NO3/c1-7(2)16(11(19)12(13,14)15)9-5-3-4-8(6-9)10(17)18/h3-7H,1-2H3,(H,17,18). The quantitative estimate of drug-likeness (QED) is 0.922. The van der Waals surface area contributed by atoms with E-state index >= 15 is 0 Å². The van der Waals surface area contributed by atoms with Gasteiger partial charge in [-0.3, -0.25) is 4.79 Å². The number of hydrogen-bond donors (Lipinski definition) is 1. The van der Waals surface area contributed by atoms with Crippen LogP contribution in [0, 0.1) is 0 Å². The summed E-state index contributed by atoms with van der Waals surface area (Å²) in [5.74, 6) is -3.30. The summed E-state index contributed by atoms with van der Waals surface area (Å²) in [4.78, 5) is 22.6. The minimum Gasteiger partial charge on any atom is -0.478 e. The maximum absolute atomic E-state index is 12.5. The fourth-order valence-corrected chi connectivity index (χ4v) is 1.58. The highest BCUT2D eigenvalue weighted by atomic mass is 19.4. The van der Waals surface area contributed by atoms with Crippen molar-refractivity contribution in [3.8, 4) is 0 Å². The Bertz CT molecular complexity index is 497. The summed E-state index contributed by atoms with van der Waals surface area (Å²) in [6.45, 7) is 2.83. The van der Waals surface area contributed by atoms with Gasteiger partial charge in [0.25, 0.3) is 0 Å². The molecule has 1 aromatic carbocycles. The Morgan fingerprint density at radius 2 is 1.84 bits per heavy atom. The summed E-state index contributed by atoms with van der Waals surface area (Å²) >= 11 is 0. The van der Waals surface area contributed by atoms with E-state index in [1.807, 2.05) is 0 Å². The number of carbonyl (C=O) groups excluding carboxylic acids is 1. The van der Waals surface area contributed by atoms with E-state index in [0.717, 1.165) is 6.07 Å². The highest BCUT2D eigenvalue weighted by molar-refractivity contribution is 5.99. The van der Waals surface area contributed by atoms with Gasteiger partial charge in [0.1, 0.15) is 0 Å². The van der Waals surface area contributed by atoms with Gasteiger partial charge >= 0.3 is 18.1 Å². The van der Waals surface area contributed by atoms with Gasteiger partial charge in [-0.2, -0.15) is 13.2 Å². The molecule has 0 bridgehead atoms. The Labute approximate surface area is 107 Å². The number of carboxylic acids is 1. The molecule has 0 fully saturated rings. The molecule has 1 aromatic rings. The lowest BCUT2D eigenvalue weighted by Crippen LogP contribution is -2.45. The van der Waals surface area contributed by atoms with Crippen LogP contribution in [0.1, 0.15) is 24.2 Å². The van der Waals surface area contributed by atoms with Crippen LogP contribution < -0.4 is 4.90 Å². The summed E-state index contributed by atoms with van der Waals surface area (Å²) in [7, 11) is 0. The number of nitrogens with zero attached hydrogens (tertiary/aromatic N) is 1. The van der Waals surface area contributed by atoms with Crippen LogP contribution >= 0.6 is 0 Å². The zero-order valence-electron chi connectivity index (χ0n) is 10.2. The maximum atomic E-state index is 12.5. The lowest BCUT2D eigenvalue weighted by atomic mass is 10.1. The van der Waals surface area contributed by atoms with Crippen LogP contribution in [0.15, 0.2) is 24.3 Å². The van der Waals surface area contributed by atoms with Gasteiger partial charge in [0.2, 0.25) is 0 Å².